The van der Waals surface area contributed by atoms with Gasteiger partial charge in [0.25, 0.3) is 0 Å². The molecule has 3 heteroatoms. The van der Waals surface area contributed by atoms with E-state index in [9.17, 15) is 15.3 Å². The van der Waals surface area contributed by atoms with Crippen LogP contribution in [0.5, 0.6) is 0 Å². The Morgan fingerprint density at radius 2 is 2.00 bits per heavy atom. The molecule has 0 saturated heterocycles. The highest BCUT2D eigenvalue weighted by molar-refractivity contribution is 5.09. The molecule has 0 bridgehead atoms. The molecule has 2 aliphatic rings. The van der Waals surface area contributed by atoms with Gasteiger partial charge in [-0.25, -0.2) is 0 Å². The molecule has 3 nitrogen and oxygen atoms in total. The minimum absolute atomic E-state index is 0.162. The first-order chi connectivity index (χ1) is 6.52. The van der Waals surface area contributed by atoms with Crippen molar-refractivity contribution in [3.05, 3.63) is 0 Å². The topological polar surface area (TPSA) is 60.7 Å². The number of aliphatic hydroxyl groups is 3. The zero-order chi connectivity index (χ0) is 10.4. The Bertz CT molecular complexity index is 231. The first-order valence-corrected chi connectivity index (χ1v) is 5.53. The average Bonchev–Trinajstić information content (AvgIpc) is 2.38. The molecular formula is C11H20O3. The van der Waals surface area contributed by atoms with Crippen LogP contribution in [0.2, 0.25) is 0 Å². The van der Waals surface area contributed by atoms with Gasteiger partial charge in [0, 0.05) is 18.4 Å². The predicted molar refractivity (Wildman–Crippen MR) is 52.7 cm³/mol. The number of hydrogen-bond acceptors (Lipinski definition) is 3. The van der Waals surface area contributed by atoms with Gasteiger partial charge in [0.05, 0.1) is 11.7 Å². The highest BCUT2D eigenvalue weighted by Gasteiger charge is 2.58. The van der Waals surface area contributed by atoms with Gasteiger partial charge in [0.15, 0.2) is 0 Å². The predicted octanol–water partition coefficient (Wildman–Crippen LogP) is 0.671. The van der Waals surface area contributed by atoms with Crippen LogP contribution < -0.4 is 0 Å². The van der Waals surface area contributed by atoms with Crippen LogP contribution in [-0.4, -0.2) is 33.6 Å². The summed E-state index contributed by atoms with van der Waals surface area (Å²) in [5, 5.41) is 29.3. The van der Waals surface area contributed by atoms with Gasteiger partial charge in [-0.05, 0) is 31.6 Å². The fourth-order valence-electron chi connectivity index (χ4n) is 3.42. The number of fused-ring (bicyclic) bond motifs is 1. The molecule has 4 atom stereocenters. The standard InChI is InChI=1S/C11H20O3/c1-10-4-3-9(13)6-11(10,14)5-2-8(10)7-12/h8-9,12-14H,2-7H2,1H3/t8-,9+,10-,11+/m1/s1. The van der Waals surface area contributed by atoms with E-state index in [1.807, 2.05) is 0 Å². The molecule has 0 heterocycles. The largest absolute Gasteiger partial charge is 0.396 e. The molecule has 0 radical (unpaired) electrons. The van der Waals surface area contributed by atoms with Crippen LogP contribution >= 0.6 is 0 Å². The van der Waals surface area contributed by atoms with E-state index in [0.717, 1.165) is 25.7 Å². The molecule has 2 fully saturated rings. The normalized spacial score (nSPS) is 53.1. The average molecular weight is 200 g/mol. The fourth-order valence-corrected chi connectivity index (χ4v) is 3.42. The lowest BCUT2D eigenvalue weighted by Gasteiger charge is -2.48. The smallest absolute Gasteiger partial charge is 0.0729 e. The molecule has 0 aromatic rings. The van der Waals surface area contributed by atoms with Crippen molar-refractivity contribution in [2.75, 3.05) is 6.61 Å². The Labute approximate surface area is 84.8 Å². The maximum absolute atomic E-state index is 10.5. The zero-order valence-corrected chi connectivity index (χ0v) is 8.74. The third-order valence-electron chi connectivity index (χ3n) is 4.66. The van der Waals surface area contributed by atoms with Crippen molar-refractivity contribution in [1.82, 2.24) is 0 Å². The summed E-state index contributed by atoms with van der Waals surface area (Å²) in [4.78, 5) is 0. The van der Waals surface area contributed by atoms with E-state index in [1.54, 1.807) is 0 Å². The third kappa shape index (κ3) is 1.23. The maximum Gasteiger partial charge on any atom is 0.0729 e. The van der Waals surface area contributed by atoms with Crippen LogP contribution in [0.4, 0.5) is 0 Å². The molecule has 0 aromatic carbocycles. The van der Waals surface area contributed by atoms with E-state index in [2.05, 4.69) is 6.92 Å². The van der Waals surface area contributed by atoms with Gasteiger partial charge >= 0.3 is 0 Å². The second-order valence-electron chi connectivity index (χ2n) is 5.26. The van der Waals surface area contributed by atoms with Gasteiger partial charge in [-0.1, -0.05) is 6.92 Å². The molecular weight excluding hydrogens is 180 g/mol. The molecule has 0 amide bonds. The van der Waals surface area contributed by atoms with Crippen LogP contribution in [0.1, 0.15) is 39.0 Å². The van der Waals surface area contributed by atoms with Crippen molar-refractivity contribution in [2.24, 2.45) is 11.3 Å². The first-order valence-electron chi connectivity index (χ1n) is 5.53. The molecule has 14 heavy (non-hydrogen) atoms. The van der Waals surface area contributed by atoms with Gasteiger partial charge in [0.2, 0.25) is 0 Å². The van der Waals surface area contributed by atoms with E-state index >= 15 is 0 Å². The highest BCUT2D eigenvalue weighted by atomic mass is 16.3. The minimum atomic E-state index is -0.738. The minimum Gasteiger partial charge on any atom is -0.396 e. The van der Waals surface area contributed by atoms with Crippen molar-refractivity contribution in [2.45, 2.75) is 50.7 Å². The molecule has 82 valence electrons. The third-order valence-corrected chi connectivity index (χ3v) is 4.66. The van der Waals surface area contributed by atoms with Gasteiger partial charge in [-0.2, -0.15) is 0 Å². The maximum atomic E-state index is 10.5. The molecule has 0 spiro atoms. The summed E-state index contributed by atoms with van der Waals surface area (Å²) in [7, 11) is 0. The number of aliphatic hydroxyl groups excluding tert-OH is 2. The highest BCUT2D eigenvalue weighted by Crippen LogP contribution is 2.57. The van der Waals surface area contributed by atoms with Crippen LogP contribution in [0.15, 0.2) is 0 Å². The quantitative estimate of drug-likeness (QED) is 0.583. The molecule has 0 aromatic heterocycles. The molecule has 2 aliphatic carbocycles. The van der Waals surface area contributed by atoms with Crippen molar-refractivity contribution >= 4 is 0 Å². The summed E-state index contributed by atoms with van der Waals surface area (Å²) in [6, 6.07) is 0. The van der Waals surface area contributed by atoms with E-state index in [1.165, 1.54) is 0 Å². The summed E-state index contributed by atoms with van der Waals surface area (Å²) in [5.41, 5.74) is -0.918. The Kier molecular flexibility index (Phi) is 2.37. The van der Waals surface area contributed by atoms with Crippen LogP contribution in [0.3, 0.4) is 0 Å². The van der Waals surface area contributed by atoms with Crippen LogP contribution in [0, 0.1) is 11.3 Å². The van der Waals surface area contributed by atoms with E-state index in [4.69, 9.17) is 0 Å². The number of rotatable bonds is 1. The molecule has 0 unspecified atom stereocenters. The summed E-state index contributed by atoms with van der Waals surface area (Å²) >= 11 is 0. The van der Waals surface area contributed by atoms with Gasteiger partial charge in [-0.15, -0.1) is 0 Å². The Balaban J connectivity index is 2.25. The lowest BCUT2D eigenvalue weighted by Crippen LogP contribution is -2.51. The molecule has 0 aliphatic heterocycles. The Morgan fingerprint density at radius 1 is 1.29 bits per heavy atom. The first kappa shape index (κ1) is 10.4. The van der Waals surface area contributed by atoms with Crippen molar-refractivity contribution < 1.29 is 15.3 Å². The van der Waals surface area contributed by atoms with Crippen molar-refractivity contribution in [3.8, 4) is 0 Å². The summed E-state index contributed by atoms with van der Waals surface area (Å²) in [5.74, 6) is 0.208. The van der Waals surface area contributed by atoms with Crippen molar-refractivity contribution in [3.63, 3.8) is 0 Å². The van der Waals surface area contributed by atoms with Crippen LogP contribution in [-0.2, 0) is 0 Å². The lowest BCUT2D eigenvalue weighted by atomic mass is 9.62. The van der Waals surface area contributed by atoms with Gasteiger partial charge < -0.3 is 15.3 Å². The summed E-state index contributed by atoms with van der Waals surface area (Å²) < 4.78 is 0. The van der Waals surface area contributed by atoms with Gasteiger partial charge in [-0.3, -0.25) is 0 Å². The number of hydrogen-bond donors (Lipinski definition) is 3. The molecule has 3 N–H and O–H groups in total. The lowest BCUT2D eigenvalue weighted by molar-refractivity contribution is -0.134. The molecule has 2 rings (SSSR count). The second kappa shape index (κ2) is 3.19. The van der Waals surface area contributed by atoms with Crippen molar-refractivity contribution in [1.29, 1.82) is 0 Å². The fraction of sp³-hybridized carbons (Fsp3) is 1.00. The summed E-state index contributed by atoms with van der Waals surface area (Å²) in [6.07, 6.45) is 3.33. The Hall–Kier alpha value is -0.120. The van der Waals surface area contributed by atoms with E-state index in [-0.39, 0.29) is 24.0 Å². The van der Waals surface area contributed by atoms with Crippen LogP contribution in [0.25, 0.3) is 0 Å². The SMILES string of the molecule is C[C@]12CC[C@H](O)C[C@@]1(O)CC[C@@H]2CO. The Morgan fingerprint density at radius 3 is 2.64 bits per heavy atom. The molecule has 2 saturated carbocycles. The van der Waals surface area contributed by atoms with Gasteiger partial charge in [0.1, 0.15) is 0 Å². The van der Waals surface area contributed by atoms with E-state index < -0.39 is 5.60 Å². The second-order valence-corrected chi connectivity index (χ2v) is 5.26. The zero-order valence-electron chi connectivity index (χ0n) is 8.74. The summed E-state index contributed by atoms with van der Waals surface area (Å²) in [6.45, 7) is 2.22. The monoisotopic (exact) mass is 200 g/mol. The van der Waals surface area contributed by atoms with E-state index in [0.29, 0.717) is 6.42 Å².